The van der Waals surface area contributed by atoms with E-state index < -0.39 is 6.09 Å². The van der Waals surface area contributed by atoms with E-state index in [2.05, 4.69) is 15.5 Å². The summed E-state index contributed by atoms with van der Waals surface area (Å²) in [6, 6.07) is 0. The first-order chi connectivity index (χ1) is 8.16. The van der Waals surface area contributed by atoms with Crippen LogP contribution in [0, 0.1) is 5.92 Å². The van der Waals surface area contributed by atoms with Gasteiger partial charge in [0.05, 0.1) is 0 Å². The van der Waals surface area contributed by atoms with Crippen LogP contribution in [-0.2, 0) is 7.05 Å². The summed E-state index contributed by atoms with van der Waals surface area (Å²) in [5.41, 5.74) is 0. The molecule has 2 heterocycles. The van der Waals surface area contributed by atoms with E-state index in [1.54, 1.807) is 16.4 Å². The summed E-state index contributed by atoms with van der Waals surface area (Å²) in [4.78, 5) is 12.2. The third-order valence-corrected chi connectivity index (χ3v) is 4.16. The molecule has 8 heteroatoms. The SMILES string of the molecule is Cn1nnnc1SCC1CCN(C(=O)O)CC1. The molecule has 1 aromatic heterocycles. The van der Waals surface area contributed by atoms with Crippen LogP contribution in [0.15, 0.2) is 5.16 Å². The summed E-state index contributed by atoms with van der Waals surface area (Å²) in [6.07, 6.45) is 1.03. The number of tetrazole rings is 1. The van der Waals surface area contributed by atoms with Crippen LogP contribution in [0.2, 0.25) is 0 Å². The van der Waals surface area contributed by atoms with Gasteiger partial charge >= 0.3 is 6.09 Å². The molecule has 0 radical (unpaired) electrons. The van der Waals surface area contributed by atoms with Crippen molar-refractivity contribution in [1.82, 2.24) is 25.1 Å². The van der Waals surface area contributed by atoms with Gasteiger partial charge in [0, 0.05) is 25.9 Å². The lowest BCUT2D eigenvalue weighted by atomic mass is 9.99. The summed E-state index contributed by atoms with van der Waals surface area (Å²) in [5.74, 6) is 1.49. The Labute approximate surface area is 103 Å². The van der Waals surface area contributed by atoms with E-state index >= 15 is 0 Å². The number of rotatable bonds is 3. The fourth-order valence-electron chi connectivity index (χ4n) is 1.83. The van der Waals surface area contributed by atoms with Crippen LogP contribution < -0.4 is 0 Å². The highest BCUT2D eigenvalue weighted by atomic mass is 32.2. The van der Waals surface area contributed by atoms with Crippen LogP contribution in [0.4, 0.5) is 4.79 Å². The molecule has 7 nitrogen and oxygen atoms in total. The first-order valence-electron chi connectivity index (χ1n) is 5.50. The van der Waals surface area contributed by atoms with Gasteiger partial charge in [-0.05, 0) is 29.2 Å². The second-order valence-electron chi connectivity index (χ2n) is 4.11. The Hall–Kier alpha value is -1.31. The molecule has 1 aliphatic heterocycles. The minimum absolute atomic E-state index is 0.548. The summed E-state index contributed by atoms with van der Waals surface area (Å²) >= 11 is 1.63. The number of thioether (sulfide) groups is 1. The van der Waals surface area contributed by atoms with E-state index in [4.69, 9.17) is 5.11 Å². The molecular formula is C9H15N5O2S. The summed E-state index contributed by atoms with van der Waals surface area (Å²) in [6.45, 7) is 1.27. The number of hydrogen-bond acceptors (Lipinski definition) is 5. The van der Waals surface area contributed by atoms with Crippen molar-refractivity contribution in [2.45, 2.75) is 18.0 Å². The van der Waals surface area contributed by atoms with Crippen molar-refractivity contribution in [3.05, 3.63) is 0 Å². The Kier molecular flexibility index (Phi) is 3.82. The van der Waals surface area contributed by atoms with Crippen LogP contribution in [0.3, 0.4) is 0 Å². The number of amides is 1. The fourth-order valence-corrected chi connectivity index (χ4v) is 2.86. The summed E-state index contributed by atoms with van der Waals surface area (Å²) in [5, 5.41) is 20.9. The Morgan fingerprint density at radius 1 is 1.53 bits per heavy atom. The highest BCUT2D eigenvalue weighted by molar-refractivity contribution is 7.99. The Morgan fingerprint density at radius 2 is 2.24 bits per heavy atom. The number of aryl methyl sites for hydroxylation is 1. The van der Waals surface area contributed by atoms with Gasteiger partial charge in [-0.15, -0.1) is 5.10 Å². The molecule has 0 aliphatic carbocycles. The molecule has 94 valence electrons. The van der Waals surface area contributed by atoms with Gasteiger partial charge in [0.25, 0.3) is 0 Å². The topological polar surface area (TPSA) is 84.1 Å². The van der Waals surface area contributed by atoms with Crippen molar-refractivity contribution in [3.63, 3.8) is 0 Å². The second kappa shape index (κ2) is 5.35. The maximum absolute atomic E-state index is 10.7. The average Bonchev–Trinajstić information content (AvgIpc) is 2.73. The molecule has 1 amide bonds. The molecular weight excluding hydrogens is 242 g/mol. The van der Waals surface area contributed by atoms with Crippen LogP contribution in [0.25, 0.3) is 0 Å². The molecule has 1 N–H and O–H groups in total. The first kappa shape index (κ1) is 12.2. The van der Waals surface area contributed by atoms with Crippen molar-refractivity contribution in [3.8, 4) is 0 Å². The van der Waals surface area contributed by atoms with Gasteiger partial charge in [0.15, 0.2) is 0 Å². The molecule has 0 bridgehead atoms. The third kappa shape index (κ3) is 3.09. The van der Waals surface area contributed by atoms with Crippen molar-refractivity contribution in [2.75, 3.05) is 18.8 Å². The maximum Gasteiger partial charge on any atom is 0.407 e. The van der Waals surface area contributed by atoms with Gasteiger partial charge in [0.2, 0.25) is 5.16 Å². The number of carbonyl (C=O) groups is 1. The zero-order valence-corrected chi connectivity index (χ0v) is 10.4. The summed E-state index contributed by atoms with van der Waals surface area (Å²) < 4.78 is 1.65. The van der Waals surface area contributed by atoms with Gasteiger partial charge < -0.3 is 10.0 Å². The van der Waals surface area contributed by atoms with Crippen molar-refractivity contribution in [2.24, 2.45) is 13.0 Å². The molecule has 0 aromatic carbocycles. The van der Waals surface area contributed by atoms with Gasteiger partial charge in [0.1, 0.15) is 0 Å². The Bertz CT molecular complexity index is 388. The number of likely N-dealkylation sites (tertiary alicyclic amines) is 1. The number of nitrogens with zero attached hydrogens (tertiary/aromatic N) is 5. The number of piperidine rings is 1. The zero-order chi connectivity index (χ0) is 12.3. The molecule has 1 aliphatic rings. The highest BCUT2D eigenvalue weighted by Crippen LogP contribution is 2.24. The molecule has 1 fully saturated rings. The van der Waals surface area contributed by atoms with Crippen LogP contribution in [-0.4, -0.2) is 55.1 Å². The second-order valence-corrected chi connectivity index (χ2v) is 5.10. The van der Waals surface area contributed by atoms with E-state index in [1.165, 1.54) is 4.90 Å². The third-order valence-electron chi connectivity index (χ3n) is 2.91. The van der Waals surface area contributed by atoms with E-state index in [0.717, 1.165) is 23.8 Å². The molecule has 0 atom stereocenters. The van der Waals surface area contributed by atoms with Crippen molar-refractivity contribution < 1.29 is 9.90 Å². The predicted molar refractivity (Wildman–Crippen MR) is 61.8 cm³/mol. The maximum atomic E-state index is 10.7. The minimum Gasteiger partial charge on any atom is -0.465 e. The number of carboxylic acid groups (broad SMARTS) is 1. The van der Waals surface area contributed by atoms with Crippen LogP contribution in [0.5, 0.6) is 0 Å². The molecule has 2 rings (SSSR count). The minimum atomic E-state index is -0.811. The van der Waals surface area contributed by atoms with Crippen molar-refractivity contribution in [1.29, 1.82) is 0 Å². The molecule has 0 spiro atoms. The lowest BCUT2D eigenvalue weighted by molar-refractivity contribution is 0.127. The van der Waals surface area contributed by atoms with Crippen LogP contribution in [0.1, 0.15) is 12.8 Å². The molecule has 1 aromatic rings. The standard InChI is InChI=1S/C9H15N5O2S/c1-13-8(10-11-12-13)17-6-7-2-4-14(5-3-7)9(15)16/h7H,2-6H2,1H3,(H,15,16). The van der Waals surface area contributed by atoms with E-state index in [1.807, 2.05) is 7.05 Å². The fraction of sp³-hybridized carbons (Fsp3) is 0.778. The zero-order valence-electron chi connectivity index (χ0n) is 9.61. The molecule has 0 unspecified atom stereocenters. The van der Waals surface area contributed by atoms with E-state index in [9.17, 15) is 4.79 Å². The van der Waals surface area contributed by atoms with Crippen molar-refractivity contribution >= 4 is 17.9 Å². The lowest BCUT2D eigenvalue weighted by Gasteiger charge is -2.29. The first-order valence-corrected chi connectivity index (χ1v) is 6.48. The monoisotopic (exact) mass is 257 g/mol. The number of aromatic nitrogens is 4. The normalized spacial score (nSPS) is 17.4. The average molecular weight is 257 g/mol. The number of hydrogen-bond donors (Lipinski definition) is 1. The molecule has 0 saturated carbocycles. The van der Waals surface area contributed by atoms with Crippen LogP contribution >= 0.6 is 11.8 Å². The van der Waals surface area contributed by atoms with Gasteiger partial charge in [-0.3, -0.25) is 0 Å². The van der Waals surface area contributed by atoms with E-state index in [0.29, 0.717) is 19.0 Å². The quantitative estimate of drug-likeness (QED) is 0.802. The highest BCUT2D eigenvalue weighted by Gasteiger charge is 2.22. The molecule has 17 heavy (non-hydrogen) atoms. The van der Waals surface area contributed by atoms with Gasteiger partial charge in [-0.1, -0.05) is 11.8 Å². The van der Waals surface area contributed by atoms with E-state index in [-0.39, 0.29) is 0 Å². The van der Waals surface area contributed by atoms with Gasteiger partial charge in [-0.2, -0.15) is 0 Å². The predicted octanol–water partition coefficient (Wildman–Crippen LogP) is 0.692. The van der Waals surface area contributed by atoms with Gasteiger partial charge in [-0.25, -0.2) is 9.48 Å². The Morgan fingerprint density at radius 3 is 2.76 bits per heavy atom. The largest absolute Gasteiger partial charge is 0.465 e. The smallest absolute Gasteiger partial charge is 0.407 e. The molecule has 1 saturated heterocycles. The Balaban J connectivity index is 1.75. The lowest BCUT2D eigenvalue weighted by Crippen LogP contribution is -2.37. The summed E-state index contributed by atoms with van der Waals surface area (Å²) in [7, 11) is 1.81.